The first-order valence-corrected chi connectivity index (χ1v) is 9.19. The SMILES string of the molecule is CC(NC(=O)c1ccc(CSc2ccccc2)cc1)c1ccccn1. The minimum atomic E-state index is -0.123. The Morgan fingerprint density at radius 1 is 1.00 bits per heavy atom. The van der Waals surface area contributed by atoms with Crippen molar-refractivity contribution in [1.29, 1.82) is 0 Å². The third-order valence-electron chi connectivity index (χ3n) is 3.84. The molecular weight excluding hydrogens is 328 g/mol. The lowest BCUT2D eigenvalue weighted by molar-refractivity contribution is 0.0939. The Kier molecular flexibility index (Phi) is 5.86. The van der Waals surface area contributed by atoms with Gasteiger partial charge in [0.15, 0.2) is 0 Å². The topological polar surface area (TPSA) is 42.0 Å². The molecular formula is C21H20N2OS. The molecule has 0 aliphatic rings. The molecule has 3 nitrogen and oxygen atoms in total. The van der Waals surface area contributed by atoms with Crippen molar-refractivity contribution in [1.82, 2.24) is 10.3 Å². The average molecular weight is 348 g/mol. The lowest BCUT2D eigenvalue weighted by atomic mass is 10.1. The lowest BCUT2D eigenvalue weighted by Crippen LogP contribution is -2.27. The van der Waals surface area contributed by atoms with E-state index in [1.807, 2.05) is 67.6 Å². The van der Waals surface area contributed by atoms with Gasteiger partial charge in [-0.3, -0.25) is 9.78 Å². The zero-order valence-electron chi connectivity index (χ0n) is 14.1. The Labute approximate surface area is 152 Å². The maximum atomic E-state index is 12.4. The van der Waals surface area contributed by atoms with E-state index in [2.05, 4.69) is 22.4 Å². The van der Waals surface area contributed by atoms with Crippen LogP contribution in [0.15, 0.2) is 83.9 Å². The summed E-state index contributed by atoms with van der Waals surface area (Å²) in [6.45, 7) is 1.94. The zero-order chi connectivity index (χ0) is 17.5. The van der Waals surface area contributed by atoms with Crippen molar-refractivity contribution >= 4 is 17.7 Å². The molecule has 1 N–H and O–H groups in total. The van der Waals surface area contributed by atoms with E-state index in [1.54, 1.807) is 18.0 Å². The number of nitrogens with zero attached hydrogens (tertiary/aromatic N) is 1. The van der Waals surface area contributed by atoms with E-state index in [4.69, 9.17) is 0 Å². The van der Waals surface area contributed by atoms with Crippen molar-refractivity contribution in [2.75, 3.05) is 0 Å². The quantitative estimate of drug-likeness (QED) is 0.647. The second kappa shape index (κ2) is 8.49. The van der Waals surface area contributed by atoms with E-state index in [-0.39, 0.29) is 11.9 Å². The molecule has 0 fully saturated rings. The van der Waals surface area contributed by atoms with Crippen LogP contribution in [-0.2, 0) is 5.75 Å². The second-order valence-electron chi connectivity index (χ2n) is 5.75. The average Bonchev–Trinajstić information content (AvgIpc) is 2.68. The van der Waals surface area contributed by atoms with Gasteiger partial charge in [0.25, 0.3) is 5.91 Å². The van der Waals surface area contributed by atoms with Crippen LogP contribution < -0.4 is 5.32 Å². The van der Waals surface area contributed by atoms with Crippen LogP contribution >= 0.6 is 11.8 Å². The van der Waals surface area contributed by atoms with Crippen molar-refractivity contribution < 1.29 is 4.79 Å². The summed E-state index contributed by atoms with van der Waals surface area (Å²) in [6.07, 6.45) is 1.73. The molecule has 1 heterocycles. The molecule has 1 unspecified atom stereocenters. The Hall–Kier alpha value is -2.59. The number of hydrogen-bond donors (Lipinski definition) is 1. The van der Waals surface area contributed by atoms with Gasteiger partial charge >= 0.3 is 0 Å². The number of carbonyl (C=O) groups is 1. The van der Waals surface area contributed by atoms with Gasteiger partial charge in [0.2, 0.25) is 0 Å². The first-order chi connectivity index (χ1) is 12.2. The highest BCUT2D eigenvalue weighted by Crippen LogP contribution is 2.22. The van der Waals surface area contributed by atoms with Crippen molar-refractivity contribution in [3.05, 3.63) is 95.8 Å². The van der Waals surface area contributed by atoms with Crippen LogP contribution in [0.2, 0.25) is 0 Å². The summed E-state index contributed by atoms with van der Waals surface area (Å²) >= 11 is 1.79. The second-order valence-corrected chi connectivity index (χ2v) is 6.80. The number of carbonyl (C=O) groups excluding carboxylic acids is 1. The normalized spacial score (nSPS) is 11.7. The Morgan fingerprint density at radius 3 is 2.40 bits per heavy atom. The molecule has 0 spiro atoms. The van der Waals surface area contributed by atoms with Crippen LogP contribution in [0, 0.1) is 0 Å². The van der Waals surface area contributed by atoms with Crippen molar-refractivity contribution in [3.63, 3.8) is 0 Å². The molecule has 3 aromatic rings. The molecule has 0 aliphatic heterocycles. The number of rotatable bonds is 6. The van der Waals surface area contributed by atoms with Crippen LogP contribution in [0.25, 0.3) is 0 Å². The van der Waals surface area contributed by atoms with Crippen molar-refractivity contribution in [2.24, 2.45) is 0 Å². The van der Waals surface area contributed by atoms with Crippen LogP contribution in [0.5, 0.6) is 0 Å². The first kappa shape index (κ1) is 17.2. The summed E-state index contributed by atoms with van der Waals surface area (Å²) in [7, 11) is 0. The van der Waals surface area contributed by atoms with Crippen molar-refractivity contribution in [3.8, 4) is 0 Å². The number of pyridine rings is 1. The van der Waals surface area contributed by atoms with E-state index in [9.17, 15) is 4.79 Å². The van der Waals surface area contributed by atoms with Gasteiger partial charge in [-0.1, -0.05) is 36.4 Å². The number of aromatic nitrogens is 1. The Morgan fingerprint density at radius 2 is 1.72 bits per heavy atom. The number of hydrogen-bond acceptors (Lipinski definition) is 3. The molecule has 126 valence electrons. The monoisotopic (exact) mass is 348 g/mol. The molecule has 1 aromatic heterocycles. The van der Waals surface area contributed by atoms with Crippen LogP contribution in [-0.4, -0.2) is 10.9 Å². The molecule has 2 aromatic carbocycles. The van der Waals surface area contributed by atoms with Gasteiger partial charge in [0.05, 0.1) is 11.7 Å². The summed E-state index contributed by atoms with van der Waals surface area (Å²) in [5.41, 5.74) is 2.71. The van der Waals surface area contributed by atoms with Crippen molar-refractivity contribution in [2.45, 2.75) is 23.6 Å². The van der Waals surface area contributed by atoms with Crippen LogP contribution in [0.4, 0.5) is 0 Å². The molecule has 0 bridgehead atoms. The van der Waals surface area contributed by atoms with Gasteiger partial charge in [-0.2, -0.15) is 0 Å². The smallest absolute Gasteiger partial charge is 0.251 e. The van der Waals surface area contributed by atoms with Crippen LogP contribution in [0.3, 0.4) is 0 Å². The molecule has 3 rings (SSSR count). The van der Waals surface area contributed by atoms with Crippen LogP contribution in [0.1, 0.15) is 34.6 Å². The fraction of sp³-hybridized carbons (Fsp3) is 0.143. The predicted molar refractivity (Wildman–Crippen MR) is 103 cm³/mol. The fourth-order valence-corrected chi connectivity index (χ4v) is 3.30. The zero-order valence-corrected chi connectivity index (χ0v) is 14.9. The van der Waals surface area contributed by atoms with Gasteiger partial charge in [-0.15, -0.1) is 11.8 Å². The predicted octanol–water partition coefficient (Wildman–Crippen LogP) is 4.86. The highest BCUT2D eigenvalue weighted by molar-refractivity contribution is 7.98. The fourth-order valence-electron chi connectivity index (χ4n) is 2.42. The lowest BCUT2D eigenvalue weighted by Gasteiger charge is -2.13. The molecule has 1 amide bonds. The summed E-state index contributed by atoms with van der Waals surface area (Å²) in [5.74, 6) is 0.802. The molecule has 0 radical (unpaired) electrons. The summed E-state index contributed by atoms with van der Waals surface area (Å²) in [5, 5.41) is 2.98. The van der Waals surface area contributed by atoms with Gasteiger partial charge in [-0.25, -0.2) is 0 Å². The highest BCUT2D eigenvalue weighted by Gasteiger charge is 2.12. The molecule has 25 heavy (non-hydrogen) atoms. The Balaban J connectivity index is 1.57. The molecule has 0 aliphatic carbocycles. The molecule has 1 atom stereocenters. The molecule has 0 saturated heterocycles. The molecule has 4 heteroatoms. The number of benzene rings is 2. The third-order valence-corrected chi connectivity index (χ3v) is 4.93. The van der Waals surface area contributed by atoms with Gasteiger partial charge in [0.1, 0.15) is 0 Å². The third kappa shape index (κ3) is 4.94. The summed E-state index contributed by atoms with van der Waals surface area (Å²) < 4.78 is 0. The van der Waals surface area contributed by atoms with E-state index in [0.717, 1.165) is 11.4 Å². The van der Waals surface area contributed by atoms with Gasteiger partial charge in [-0.05, 0) is 48.9 Å². The largest absolute Gasteiger partial charge is 0.344 e. The van der Waals surface area contributed by atoms with E-state index in [1.165, 1.54) is 10.5 Å². The molecule has 0 saturated carbocycles. The first-order valence-electron chi connectivity index (χ1n) is 8.21. The maximum absolute atomic E-state index is 12.4. The summed E-state index contributed by atoms with van der Waals surface area (Å²) in [6, 6.07) is 23.7. The van der Waals surface area contributed by atoms with E-state index < -0.39 is 0 Å². The number of nitrogens with one attached hydrogen (secondary N) is 1. The minimum Gasteiger partial charge on any atom is -0.344 e. The van der Waals surface area contributed by atoms with E-state index in [0.29, 0.717) is 5.56 Å². The van der Waals surface area contributed by atoms with E-state index >= 15 is 0 Å². The van der Waals surface area contributed by atoms with Gasteiger partial charge < -0.3 is 5.32 Å². The van der Waals surface area contributed by atoms with Gasteiger partial charge in [0, 0.05) is 22.4 Å². The highest BCUT2D eigenvalue weighted by atomic mass is 32.2. The standard InChI is InChI=1S/C21H20N2OS/c1-16(20-9-5-6-14-22-20)23-21(24)18-12-10-17(11-13-18)15-25-19-7-3-2-4-8-19/h2-14,16H,15H2,1H3,(H,23,24). The summed E-state index contributed by atoms with van der Waals surface area (Å²) in [4.78, 5) is 17.9. The number of amides is 1. The Bertz CT molecular complexity index is 804. The number of thioether (sulfide) groups is 1. The minimum absolute atomic E-state index is 0.0829. The maximum Gasteiger partial charge on any atom is 0.251 e.